The average molecular weight is 338 g/mol. The lowest BCUT2D eigenvalue weighted by molar-refractivity contribution is -0.121. The third-order valence-electron chi connectivity index (χ3n) is 3.55. The molecule has 126 valence electrons. The summed E-state index contributed by atoms with van der Waals surface area (Å²) in [5.41, 5.74) is 1.57. The van der Waals surface area contributed by atoms with E-state index in [9.17, 15) is 14.0 Å². The Kier molecular flexibility index (Phi) is 4.94. The number of amides is 1. The van der Waals surface area contributed by atoms with Gasteiger partial charge in [-0.3, -0.25) is 19.1 Å². The van der Waals surface area contributed by atoms with Gasteiger partial charge in [0.1, 0.15) is 12.4 Å². The molecule has 0 saturated carbocycles. The molecule has 0 atom stereocenters. The molecule has 0 saturated heterocycles. The molecule has 0 aliphatic carbocycles. The molecule has 0 spiro atoms. The summed E-state index contributed by atoms with van der Waals surface area (Å²) in [5, 5.41) is 2.72. The normalized spacial score (nSPS) is 10.4. The lowest BCUT2D eigenvalue weighted by Gasteiger charge is -2.08. The second-order valence-corrected chi connectivity index (χ2v) is 5.39. The smallest absolute Gasteiger partial charge is 0.254 e. The van der Waals surface area contributed by atoms with Crippen molar-refractivity contribution in [1.29, 1.82) is 0 Å². The number of halogens is 1. The summed E-state index contributed by atoms with van der Waals surface area (Å²) in [6, 6.07) is 10.6. The van der Waals surface area contributed by atoms with Gasteiger partial charge in [0.15, 0.2) is 0 Å². The summed E-state index contributed by atoms with van der Waals surface area (Å²) >= 11 is 0. The van der Waals surface area contributed by atoms with Gasteiger partial charge in [-0.15, -0.1) is 0 Å². The van der Waals surface area contributed by atoms with Crippen LogP contribution in [-0.4, -0.2) is 20.4 Å². The molecule has 7 heteroatoms. The molecule has 2 aromatic heterocycles. The van der Waals surface area contributed by atoms with Gasteiger partial charge in [0.2, 0.25) is 5.91 Å². The number of carbonyl (C=O) groups is 1. The molecule has 3 rings (SSSR count). The van der Waals surface area contributed by atoms with Crippen LogP contribution in [0.5, 0.6) is 0 Å². The fraction of sp³-hybridized carbons (Fsp3) is 0.111. The molecule has 1 amide bonds. The molecular weight excluding hydrogens is 323 g/mol. The van der Waals surface area contributed by atoms with Gasteiger partial charge < -0.3 is 5.32 Å². The molecule has 1 aromatic carbocycles. The zero-order chi connectivity index (χ0) is 17.6. The van der Waals surface area contributed by atoms with Crippen LogP contribution in [0.15, 0.2) is 66.0 Å². The van der Waals surface area contributed by atoms with Crippen molar-refractivity contribution in [2.45, 2.75) is 13.1 Å². The Labute approximate surface area is 143 Å². The highest BCUT2D eigenvalue weighted by Gasteiger charge is 2.07. The number of hydrogen-bond donors (Lipinski definition) is 1. The van der Waals surface area contributed by atoms with Crippen molar-refractivity contribution in [2.75, 3.05) is 0 Å². The lowest BCUT2D eigenvalue weighted by atomic mass is 10.1. The first-order valence-corrected chi connectivity index (χ1v) is 7.60. The Hall–Kier alpha value is -3.35. The minimum absolute atomic E-state index is 0.129. The molecule has 25 heavy (non-hydrogen) atoms. The predicted molar refractivity (Wildman–Crippen MR) is 90.0 cm³/mol. The molecule has 0 aliphatic heterocycles. The topological polar surface area (TPSA) is 76.9 Å². The largest absolute Gasteiger partial charge is 0.350 e. The molecule has 0 fully saturated rings. The second-order valence-electron chi connectivity index (χ2n) is 5.39. The van der Waals surface area contributed by atoms with E-state index in [-0.39, 0.29) is 23.8 Å². The fourth-order valence-corrected chi connectivity index (χ4v) is 2.24. The van der Waals surface area contributed by atoms with Crippen LogP contribution in [0.4, 0.5) is 4.39 Å². The van der Waals surface area contributed by atoms with E-state index in [0.717, 1.165) is 5.56 Å². The van der Waals surface area contributed by atoms with E-state index in [2.05, 4.69) is 15.3 Å². The molecule has 6 nitrogen and oxygen atoms in total. The maximum atomic E-state index is 12.9. The number of rotatable bonds is 5. The minimum atomic E-state index is -0.359. The Morgan fingerprint density at radius 2 is 2.00 bits per heavy atom. The summed E-state index contributed by atoms with van der Waals surface area (Å²) in [5.74, 6) is -0.662. The van der Waals surface area contributed by atoms with Crippen molar-refractivity contribution in [1.82, 2.24) is 19.9 Å². The zero-order valence-corrected chi connectivity index (χ0v) is 13.2. The van der Waals surface area contributed by atoms with E-state index >= 15 is 0 Å². The van der Waals surface area contributed by atoms with Crippen molar-refractivity contribution in [3.05, 3.63) is 82.9 Å². The highest BCUT2D eigenvalue weighted by molar-refractivity contribution is 5.75. The Morgan fingerprint density at radius 1 is 1.20 bits per heavy atom. The van der Waals surface area contributed by atoms with E-state index in [4.69, 9.17) is 0 Å². The second kappa shape index (κ2) is 7.48. The van der Waals surface area contributed by atoms with Crippen LogP contribution in [0, 0.1) is 5.82 Å². The molecule has 2 heterocycles. The number of pyridine rings is 1. The third-order valence-corrected chi connectivity index (χ3v) is 3.55. The van der Waals surface area contributed by atoms with Crippen LogP contribution < -0.4 is 10.9 Å². The first-order valence-electron chi connectivity index (χ1n) is 7.60. The van der Waals surface area contributed by atoms with Gasteiger partial charge in [-0.05, 0) is 35.9 Å². The van der Waals surface area contributed by atoms with E-state index < -0.39 is 0 Å². The summed E-state index contributed by atoms with van der Waals surface area (Å²) in [7, 11) is 0. The summed E-state index contributed by atoms with van der Waals surface area (Å²) in [4.78, 5) is 32.2. The van der Waals surface area contributed by atoms with Crippen LogP contribution in [0.3, 0.4) is 0 Å². The Balaban J connectivity index is 1.66. The quantitative estimate of drug-likeness (QED) is 0.769. The Bertz CT molecular complexity index is 924. The predicted octanol–water partition coefficient (Wildman–Crippen LogP) is 1.76. The van der Waals surface area contributed by atoms with E-state index in [1.165, 1.54) is 29.1 Å². The van der Waals surface area contributed by atoms with Gasteiger partial charge in [0, 0.05) is 30.6 Å². The zero-order valence-electron chi connectivity index (χ0n) is 13.2. The maximum Gasteiger partial charge on any atom is 0.254 e. The fourth-order valence-electron chi connectivity index (χ4n) is 2.24. The number of carbonyl (C=O) groups excluding carboxylic acids is 1. The van der Waals surface area contributed by atoms with Gasteiger partial charge >= 0.3 is 0 Å². The molecule has 0 aliphatic rings. The van der Waals surface area contributed by atoms with Gasteiger partial charge in [0.25, 0.3) is 5.56 Å². The van der Waals surface area contributed by atoms with E-state index in [0.29, 0.717) is 17.8 Å². The Morgan fingerprint density at radius 3 is 2.68 bits per heavy atom. The third kappa shape index (κ3) is 4.35. The summed E-state index contributed by atoms with van der Waals surface area (Å²) in [6.07, 6.45) is 4.62. The van der Waals surface area contributed by atoms with E-state index in [1.807, 2.05) is 6.07 Å². The number of hydrogen-bond acceptors (Lipinski definition) is 4. The molecule has 0 unspecified atom stereocenters. The standard InChI is InChI=1S/C18H15FN4O2/c19-15-5-3-14(4-6-15)16-8-18(25)23(12-22-16)11-17(24)21-10-13-2-1-7-20-9-13/h1-9,12H,10-11H2,(H,21,24). The number of aromatic nitrogens is 3. The molecule has 3 aromatic rings. The maximum absolute atomic E-state index is 12.9. The summed E-state index contributed by atoms with van der Waals surface area (Å²) < 4.78 is 14.2. The number of nitrogens with one attached hydrogen (secondary N) is 1. The number of nitrogens with zero attached hydrogens (tertiary/aromatic N) is 3. The van der Waals surface area contributed by atoms with Crippen molar-refractivity contribution < 1.29 is 9.18 Å². The highest BCUT2D eigenvalue weighted by Crippen LogP contribution is 2.14. The van der Waals surface area contributed by atoms with Gasteiger partial charge in [0.05, 0.1) is 12.0 Å². The average Bonchev–Trinajstić information content (AvgIpc) is 2.63. The molecule has 1 N–H and O–H groups in total. The van der Waals surface area contributed by atoms with Crippen molar-refractivity contribution in [3.63, 3.8) is 0 Å². The first kappa shape index (κ1) is 16.5. The van der Waals surface area contributed by atoms with E-state index in [1.54, 1.807) is 30.6 Å². The van der Waals surface area contributed by atoms with Crippen LogP contribution in [0.1, 0.15) is 5.56 Å². The van der Waals surface area contributed by atoms with Crippen molar-refractivity contribution in [3.8, 4) is 11.3 Å². The first-order chi connectivity index (χ1) is 12.1. The highest BCUT2D eigenvalue weighted by atomic mass is 19.1. The van der Waals surface area contributed by atoms with Gasteiger partial charge in [-0.2, -0.15) is 0 Å². The molecular formula is C18H15FN4O2. The van der Waals surface area contributed by atoms with Crippen LogP contribution in [0.2, 0.25) is 0 Å². The SMILES string of the molecule is O=C(Cn1cnc(-c2ccc(F)cc2)cc1=O)NCc1cccnc1. The lowest BCUT2D eigenvalue weighted by Crippen LogP contribution is -2.31. The van der Waals surface area contributed by atoms with Crippen LogP contribution in [0.25, 0.3) is 11.3 Å². The monoisotopic (exact) mass is 338 g/mol. The molecule has 0 radical (unpaired) electrons. The van der Waals surface area contributed by atoms with Crippen LogP contribution >= 0.6 is 0 Å². The van der Waals surface area contributed by atoms with Gasteiger partial charge in [-0.25, -0.2) is 9.37 Å². The van der Waals surface area contributed by atoms with Crippen molar-refractivity contribution >= 4 is 5.91 Å². The summed E-state index contributed by atoms with van der Waals surface area (Å²) in [6.45, 7) is 0.207. The minimum Gasteiger partial charge on any atom is -0.350 e. The molecule has 0 bridgehead atoms. The number of benzene rings is 1. The van der Waals surface area contributed by atoms with Crippen molar-refractivity contribution in [2.24, 2.45) is 0 Å². The van der Waals surface area contributed by atoms with Crippen LogP contribution in [-0.2, 0) is 17.9 Å². The van der Waals surface area contributed by atoms with Gasteiger partial charge in [-0.1, -0.05) is 6.07 Å².